The van der Waals surface area contributed by atoms with Crippen LogP contribution in [0.4, 0.5) is 0 Å². The van der Waals surface area contributed by atoms with Crippen LogP contribution in [0.1, 0.15) is 22.3 Å². The number of rotatable bonds is 5. The molecule has 126 valence electrons. The van der Waals surface area contributed by atoms with Crippen molar-refractivity contribution in [3.63, 3.8) is 0 Å². The molecule has 2 aromatic carbocycles. The van der Waals surface area contributed by atoms with Gasteiger partial charge in [-0.05, 0) is 42.9 Å². The Morgan fingerprint density at radius 3 is 2.29 bits per heavy atom. The fraction of sp³-hybridized carbons (Fsp3) is 0.188. The van der Waals surface area contributed by atoms with Gasteiger partial charge in [-0.1, -0.05) is 42.0 Å². The van der Waals surface area contributed by atoms with Gasteiger partial charge in [0.05, 0.1) is 11.1 Å². The lowest BCUT2D eigenvalue weighted by Gasteiger charge is -2.11. The number of nitrogens with zero attached hydrogens (tertiary/aromatic N) is 1. The van der Waals surface area contributed by atoms with Gasteiger partial charge in [-0.2, -0.15) is 13.5 Å². The van der Waals surface area contributed by atoms with E-state index < -0.39 is 17.1 Å². The lowest BCUT2D eigenvalue weighted by molar-refractivity contribution is 0.426. The highest BCUT2D eigenvalue weighted by atomic mass is 32.2. The minimum Gasteiger partial charge on any atom is -0.423 e. The van der Waals surface area contributed by atoms with E-state index >= 15 is 0 Å². The van der Waals surface area contributed by atoms with Crippen LogP contribution in [0, 0.1) is 20.8 Å². The van der Waals surface area contributed by atoms with Crippen LogP contribution in [0.15, 0.2) is 46.4 Å². The third-order valence-electron chi connectivity index (χ3n) is 3.47. The van der Waals surface area contributed by atoms with Gasteiger partial charge in [0.2, 0.25) is 0 Å². The van der Waals surface area contributed by atoms with Crippen molar-refractivity contribution in [2.24, 2.45) is 5.10 Å². The zero-order valence-corrected chi connectivity index (χ0v) is 14.5. The van der Waals surface area contributed by atoms with Gasteiger partial charge in [-0.25, -0.2) is 4.83 Å². The average molecular weight is 346 g/mol. The van der Waals surface area contributed by atoms with E-state index in [4.69, 9.17) is 10.0 Å². The first-order valence-corrected chi connectivity index (χ1v) is 8.78. The highest BCUT2D eigenvalue weighted by Crippen LogP contribution is 2.21. The van der Waals surface area contributed by atoms with E-state index in [9.17, 15) is 8.42 Å². The van der Waals surface area contributed by atoms with Gasteiger partial charge in [0.15, 0.2) is 0 Å². The first kappa shape index (κ1) is 18.2. The van der Waals surface area contributed by atoms with E-state index in [0.29, 0.717) is 22.2 Å². The van der Waals surface area contributed by atoms with Crippen molar-refractivity contribution in [3.05, 3.63) is 58.7 Å². The highest BCUT2D eigenvalue weighted by molar-refractivity contribution is 7.89. The molecule has 0 saturated heterocycles. The van der Waals surface area contributed by atoms with E-state index in [-0.39, 0.29) is 4.90 Å². The van der Waals surface area contributed by atoms with Crippen molar-refractivity contribution in [1.82, 2.24) is 4.83 Å². The summed E-state index contributed by atoms with van der Waals surface area (Å²) < 4.78 is 24.9. The van der Waals surface area contributed by atoms with Crippen LogP contribution in [-0.4, -0.2) is 31.8 Å². The number of sulfonamides is 1. The molecule has 0 saturated carbocycles. The number of hydrogen-bond acceptors (Lipinski definition) is 5. The summed E-state index contributed by atoms with van der Waals surface area (Å²) in [7, 11) is -5.37. The zero-order valence-electron chi connectivity index (χ0n) is 13.7. The maximum absolute atomic E-state index is 12.4. The summed E-state index contributed by atoms with van der Waals surface area (Å²) in [6.07, 6.45) is 1.31. The Labute approximate surface area is 142 Å². The maximum atomic E-state index is 12.4. The highest BCUT2D eigenvalue weighted by Gasteiger charge is 2.19. The molecule has 3 N–H and O–H groups in total. The van der Waals surface area contributed by atoms with Gasteiger partial charge < -0.3 is 10.0 Å². The summed E-state index contributed by atoms with van der Waals surface area (Å²) in [5.74, 6) is 0. The molecular weight excluding hydrogens is 327 g/mol. The molecule has 0 bridgehead atoms. The third-order valence-corrected chi connectivity index (χ3v) is 5.00. The van der Waals surface area contributed by atoms with Crippen molar-refractivity contribution in [3.8, 4) is 0 Å². The molecule has 0 aliphatic carbocycles. The summed E-state index contributed by atoms with van der Waals surface area (Å²) in [6, 6.07) is 9.95. The molecule has 24 heavy (non-hydrogen) atoms. The SMILES string of the molecule is Cc1cc(C)c(S(=O)(=O)N/N=C\c2cccc(B(O)O)c2)c(C)c1. The molecule has 0 aliphatic rings. The van der Waals surface area contributed by atoms with Crippen LogP contribution in [-0.2, 0) is 10.0 Å². The standard InChI is InChI=1S/C16H19BN2O4S/c1-11-7-12(2)16(13(3)8-11)24(22,23)19-18-10-14-5-4-6-15(9-14)17(20)21/h4-10,19-21H,1-3H3/b18-10-. The van der Waals surface area contributed by atoms with Crippen LogP contribution in [0.2, 0.25) is 0 Å². The van der Waals surface area contributed by atoms with Gasteiger partial charge in [-0.3, -0.25) is 0 Å². The van der Waals surface area contributed by atoms with Gasteiger partial charge in [0, 0.05) is 0 Å². The Hall–Kier alpha value is -2.16. The van der Waals surface area contributed by atoms with Crippen LogP contribution < -0.4 is 10.3 Å². The van der Waals surface area contributed by atoms with Crippen molar-refractivity contribution in [1.29, 1.82) is 0 Å². The molecule has 0 unspecified atom stereocenters. The summed E-state index contributed by atoms with van der Waals surface area (Å²) in [6.45, 7) is 5.39. The topological polar surface area (TPSA) is 99.0 Å². The molecule has 0 atom stereocenters. The van der Waals surface area contributed by atoms with Crippen LogP contribution in [0.25, 0.3) is 0 Å². The number of hydrogen-bond donors (Lipinski definition) is 3. The van der Waals surface area contributed by atoms with Crippen molar-refractivity contribution < 1.29 is 18.5 Å². The first-order valence-electron chi connectivity index (χ1n) is 7.29. The Balaban J connectivity index is 2.23. The Morgan fingerprint density at radius 2 is 1.71 bits per heavy atom. The molecule has 0 aromatic heterocycles. The van der Waals surface area contributed by atoms with E-state index in [2.05, 4.69) is 9.93 Å². The number of benzene rings is 2. The van der Waals surface area contributed by atoms with Crippen LogP contribution in [0.3, 0.4) is 0 Å². The second-order valence-electron chi connectivity index (χ2n) is 5.62. The molecule has 2 aromatic rings. The predicted octanol–water partition coefficient (Wildman–Crippen LogP) is 0.604. The van der Waals surface area contributed by atoms with Crippen molar-refractivity contribution in [2.75, 3.05) is 0 Å². The summed E-state index contributed by atoms with van der Waals surface area (Å²) in [5, 5.41) is 22.0. The lowest BCUT2D eigenvalue weighted by atomic mass is 9.80. The fourth-order valence-corrected chi connectivity index (χ4v) is 3.85. The largest absolute Gasteiger partial charge is 0.488 e. The average Bonchev–Trinajstić information content (AvgIpc) is 2.45. The monoisotopic (exact) mass is 346 g/mol. The molecule has 0 heterocycles. The fourth-order valence-electron chi connectivity index (χ4n) is 2.61. The summed E-state index contributed by atoms with van der Waals surface area (Å²) >= 11 is 0. The minimum atomic E-state index is -3.78. The Bertz CT molecular complexity index is 856. The maximum Gasteiger partial charge on any atom is 0.488 e. The van der Waals surface area contributed by atoms with Crippen molar-refractivity contribution >= 4 is 28.8 Å². The molecule has 0 spiro atoms. The van der Waals surface area contributed by atoms with Gasteiger partial charge in [-0.15, -0.1) is 0 Å². The van der Waals surface area contributed by atoms with Crippen LogP contribution >= 0.6 is 0 Å². The van der Waals surface area contributed by atoms with Crippen LogP contribution in [0.5, 0.6) is 0 Å². The minimum absolute atomic E-state index is 0.213. The number of nitrogens with one attached hydrogen (secondary N) is 1. The van der Waals surface area contributed by atoms with Gasteiger partial charge in [0.1, 0.15) is 0 Å². The Morgan fingerprint density at radius 1 is 1.08 bits per heavy atom. The molecule has 0 fully saturated rings. The molecule has 0 aliphatic heterocycles. The Kier molecular flexibility index (Phi) is 5.43. The third kappa shape index (κ3) is 4.22. The van der Waals surface area contributed by atoms with Gasteiger partial charge >= 0.3 is 7.12 Å². The smallest absolute Gasteiger partial charge is 0.423 e. The van der Waals surface area contributed by atoms with Crippen molar-refractivity contribution in [2.45, 2.75) is 25.7 Å². The predicted molar refractivity (Wildman–Crippen MR) is 94.8 cm³/mol. The number of hydrazone groups is 1. The molecule has 8 heteroatoms. The second-order valence-corrected chi connectivity index (χ2v) is 7.22. The molecule has 0 radical (unpaired) electrons. The number of aryl methyl sites for hydroxylation is 3. The van der Waals surface area contributed by atoms with E-state index in [1.54, 1.807) is 44.2 Å². The zero-order chi connectivity index (χ0) is 17.9. The molecule has 2 rings (SSSR count). The first-order chi connectivity index (χ1) is 11.2. The van der Waals surface area contributed by atoms with E-state index in [1.165, 1.54) is 12.3 Å². The molecule has 6 nitrogen and oxygen atoms in total. The van der Waals surface area contributed by atoms with Gasteiger partial charge in [0.25, 0.3) is 10.0 Å². The quantitative estimate of drug-likeness (QED) is 0.420. The molecule has 0 amide bonds. The summed E-state index contributed by atoms with van der Waals surface area (Å²) in [4.78, 5) is 2.40. The normalized spacial score (nSPS) is 11.7. The van der Waals surface area contributed by atoms with E-state index in [0.717, 1.165) is 5.56 Å². The lowest BCUT2D eigenvalue weighted by Crippen LogP contribution is -2.29. The molecular formula is C16H19BN2O4S. The summed E-state index contributed by atoms with van der Waals surface area (Å²) in [5.41, 5.74) is 3.14. The second kappa shape index (κ2) is 7.17. The van der Waals surface area contributed by atoms with E-state index in [1.807, 2.05) is 6.92 Å².